The highest BCUT2D eigenvalue weighted by Gasteiger charge is 2.16. The fourth-order valence-electron chi connectivity index (χ4n) is 4.00. The Labute approximate surface area is 235 Å². The van der Waals surface area contributed by atoms with E-state index in [9.17, 15) is 19.2 Å². The van der Waals surface area contributed by atoms with E-state index in [4.69, 9.17) is 21.1 Å². The van der Waals surface area contributed by atoms with Gasteiger partial charge in [0.1, 0.15) is 17.5 Å². The van der Waals surface area contributed by atoms with Crippen molar-refractivity contribution in [3.05, 3.63) is 94.4 Å². The van der Waals surface area contributed by atoms with Crippen LogP contribution in [0.15, 0.2) is 72.4 Å². The number of halogens is 2. The highest BCUT2D eigenvalue weighted by Crippen LogP contribution is 2.37. The summed E-state index contributed by atoms with van der Waals surface area (Å²) in [5.74, 6) is -1.04. The number of rotatable bonds is 11. The molecule has 0 saturated carbocycles. The summed E-state index contributed by atoms with van der Waals surface area (Å²) in [6, 6.07) is 18.2. The van der Waals surface area contributed by atoms with Crippen LogP contribution in [0.4, 0.5) is 10.1 Å². The van der Waals surface area contributed by atoms with Gasteiger partial charge in [0.25, 0.3) is 11.8 Å². The molecule has 3 N–H and O–H groups in total. The molecule has 0 spiro atoms. The van der Waals surface area contributed by atoms with Gasteiger partial charge in [0.2, 0.25) is 0 Å². The smallest absolute Gasteiger partial charge is 0.262 e. The van der Waals surface area contributed by atoms with Crippen LogP contribution in [0, 0.1) is 17.1 Å². The van der Waals surface area contributed by atoms with E-state index in [1.165, 1.54) is 36.4 Å². The second-order valence-electron chi connectivity index (χ2n) is 8.64. The van der Waals surface area contributed by atoms with Gasteiger partial charge in [-0.25, -0.2) is 4.39 Å². The highest BCUT2D eigenvalue weighted by molar-refractivity contribution is 6.32. The SMILES string of the molecule is CCOc1cc(/C=C(/C#N)C(=O)NCCc2c[nH]c3ccccc23)cc(Cl)c1OCC(=O)Nc1ccc(F)cc1. The lowest BCUT2D eigenvalue weighted by Crippen LogP contribution is -2.26. The lowest BCUT2D eigenvalue weighted by molar-refractivity contribution is -0.118. The number of carbonyl (C=O) groups is 2. The van der Waals surface area contributed by atoms with Gasteiger partial charge in [-0.15, -0.1) is 0 Å². The normalized spacial score (nSPS) is 11.1. The van der Waals surface area contributed by atoms with E-state index in [1.807, 2.05) is 36.5 Å². The summed E-state index contributed by atoms with van der Waals surface area (Å²) in [5.41, 5.74) is 2.83. The highest BCUT2D eigenvalue weighted by atomic mass is 35.5. The van der Waals surface area contributed by atoms with Gasteiger partial charge >= 0.3 is 0 Å². The monoisotopic (exact) mass is 560 g/mol. The van der Waals surface area contributed by atoms with Gasteiger partial charge in [-0.1, -0.05) is 29.8 Å². The number of carbonyl (C=O) groups excluding carboxylic acids is 2. The summed E-state index contributed by atoms with van der Waals surface area (Å²) in [5, 5.41) is 16.2. The van der Waals surface area contributed by atoms with Crippen molar-refractivity contribution in [2.45, 2.75) is 13.3 Å². The molecule has 0 aliphatic rings. The molecule has 1 aromatic heterocycles. The Bertz CT molecular complexity index is 1590. The number of amides is 2. The second kappa shape index (κ2) is 13.3. The molecule has 0 fully saturated rings. The zero-order valence-corrected chi connectivity index (χ0v) is 22.3. The molecule has 0 unspecified atom stereocenters. The van der Waals surface area contributed by atoms with Crippen molar-refractivity contribution in [2.75, 3.05) is 25.1 Å². The molecule has 3 aromatic carbocycles. The van der Waals surface area contributed by atoms with E-state index in [0.717, 1.165) is 16.5 Å². The number of anilines is 1. The Hall–Kier alpha value is -4.81. The number of fused-ring (bicyclic) bond motifs is 1. The molecule has 2 amide bonds. The topological polar surface area (TPSA) is 116 Å². The van der Waals surface area contributed by atoms with Crippen LogP contribution in [0.1, 0.15) is 18.1 Å². The molecular formula is C30H26ClFN4O4. The number of H-pyrrole nitrogens is 1. The molecule has 0 bridgehead atoms. The quantitative estimate of drug-likeness (QED) is 0.162. The Morgan fingerprint density at radius 2 is 1.90 bits per heavy atom. The zero-order valence-electron chi connectivity index (χ0n) is 21.6. The van der Waals surface area contributed by atoms with Crippen LogP contribution >= 0.6 is 11.6 Å². The molecule has 0 saturated heterocycles. The molecule has 0 aliphatic carbocycles. The summed E-state index contributed by atoms with van der Waals surface area (Å²) in [6.45, 7) is 2.01. The van der Waals surface area contributed by atoms with Gasteiger partial charge in [0.05, 0.1) is 11.6 Å². The van der Waals surface area contributed by atoms with Crippen LogP contribution in [0.2, 0.25) is 5.02 Å². The van der Waals surface area contributed by atoms with E-state index in [2.05, 4.69) is 15.6 Å². The van der Waals surface area contributed by atoms with E-state index in [-0.39, 0.29) is 35.3 Å². The first-order chi connectivity index (χ1) is 19.4. The maximum absolute atomic E-state index is 13.1. The summed E-state index contributed by atoms with van der Waals surface area (Å²) in [6.07, 6.45) is 3.90. The van der Waals surface area contributed by atoms with Crippen LogP contribution in [0.3, 0.4) is 0 Å². The standard InChI is InChI=1S/C30H26ClFN4O4/c1-2-39-27-15-19(14-25(31)29(27)40-18-28(37)36-23-9-7-22(32)8-10-23)13-21(16-33)30(38)34-12-11-20-17-35-26-6-4-3-5-24(20)26/h3-10,13-15,17,35H,2,11-12,18H2,1H3,(H,34,38)(H,36,37)/b21-13-. The number of benzene rings is 3. The Morgan fingerprint density at radius 3 is 2.65 bits per heavy atom. The van der Waals surface area contributed by atoms with E-state index in [1.54, 1.807) is 13.0 Å². The van der Waals surface area contributed by atoms with E-state index >= 15 is 0 Å². The second-order valence-corrected chi connectivity index (χ2v) is 9.05. The number of nitriles is 1. The first kappa shape index (κ1) is 28.2. The molecule has 0 aliphatic heterocycles. The van der Waals surface area contributed by atoms with Crippen LogP contribution < -0.4 is 20.1 Å². The Balaban J connectivity index is 1.41. The predicted octanol–water partition coefficient (Wildman–Crippen LogP) is 5.64. The van der Waals surface area contributed by atoms with Gasteiger partial charge in [0.15, 0.2) is 18.1 Å². The van der Waals surface area contributed by atoms with Crippen molar-refractivity contribution in [3.8, 4) is 17.6 Å². The molecule has 4 rings (SSSR count). The van der Waals surface area contributed by atoms with E-state index < -0.39 is 17.6 Å². The van der Waals surface area contributed by atoms with Crippen LogP contribution in [0.25, 0.3) is 17.0 Å². The number of aromatic nitrogens is 1. The molecular weight excluding hydrogens is 535 g/mol. The lowest BCUT2D eigenvalue weighted by atomic mass is 10.1. The third-order valence-electron chi connectivity index (χ3n) is 5.84. The first-order valence-electron chi connectivity index (χ1n) is 12.5. The third kappa shape index (κ3) is 7.18. The van der Waals surface area contributed by atoms with Crippen molar-refractivity contribution in [1.82, 2.24) is 10.3 Å². The number of aromatic amines is 1. The van der Waals surface area contributed by atoms with Crippen molar-refractivity contribution >= 4 is 46.1 Å². The van der Waals surface area contributed by atoms with Crippen molar-refractivity contribution in [1.29, 1.82) is 5.26 Å². The van der Waals surface area contributed by atoms with E-state index in [0.29, 0.717) is 24.2 Å². The van der Waals surface area contributed by atoms with Crippen LogP contribution in [-0.4, -0.2) is 36.6 Å². The average Bonchev–Trinajstić information content (AvgIpc) is 3.35. The zero-order chi connectivity index (χ0) is 28.5. The van der Waals surface area contributed by atoms with Gasteiger partial charge in [0, 0.05) is 29.3 Å². The maximum atomic E-state index is 13.1. The summed E-state index contributed by atoms with van der Waals surface area (Å²) >= 11 is 6.43. The van der Waals surface area contributed by atoms with Crippen LogP contribution in [0.5, 0.6) is 11.5 Å². The van der Waals surface area contributed by atoms with Gasteiger partial charge in [-0.2, -0.15) is 5.26 Å². The van der Waals surface area contributed by atoms with Gasteiger partial charge in [-0.05, 0) is 73.0 Å². The Morgan fingerprint density at radius 1 is 1.12 bits per heavy atom. The molecule has 204 valence electrons. The molecule has 1 heterocycles. The molecule has 0 atom stereocenters. The first-order valence-corrected chi connectivity index (χ1v) is 12.8. The number of para-hydroxylation sites is 1. The number of nitrogens with zero attached hydrogens (tertiary/aromatic N) is 1. The third-order valence-corrected chi connectivity index (χ3v) is 6.12. The number of hydrogen-bond donors (Lipinski definition) is 3. The number of nitrogens with one attached hydrogen (secondary N) is 3. The fraction of sp³-hybridized carbons (Fsp3) is 0.167. The average molecular weight is 561 g/mol. The number of ether oxygens (including phenoxy) is 2. The van der Waals surface area contributed by atoms with Crippen molar-refractivity contribution < 1.29 is 23.5 Å². The lowest BCUT2D eigenvalue weighted by Gasteiger charge is -2.14. The molecule has 8 nitrogen and oxygen atoms in total. The minimum absolute atomic E-state index is 0.107. The molecule has 10 heteroatoms. The molecule has 40 heavy (non-hydrogen) atoms. The van der Waals surface area contributed by atoms with Gasteiger partial charge in [-0.3, -0.25) is 9.59 Å². The predicted molar refractivity (Wildman–Crippen MR) is 152 cm³/mol. The number of hydrogen-bond acceptors (Lipinski definition) is 5. The van der Waals surface area contributed by atoms with Crippen molar-refractivity contribution in [3.63, 3.8) is 0 Å². The molecule has 4 aromatic rings. The summed E-state index contributed by atoms with van der Waals surface area (Å²) in [7, 11) is 0. The van der Waals surface area contributed by atoms with Crippen LogP contribution in [-0.2, 0) is 16.0 Å². The Kier molecular flexibility index (Phi) is 9.39. The fourth-order valence-corrected chi connectivity index (χ4v) is 4.28. The van der Waals surface area contributed by atoms with Crippen molar-refractivity contribution in [2.24, 2.45) is 0 Å². The summed E-state index contributed by atoms with van der Waals surface area (Å²) in [4.78, 5) is 28.2. The maximum Gasteiger partial charge on any atom is 0.262 e. The van der Waals surface area contributed by atoms with Gasteiger partial charge < -0.3 is 25.1 Å². The summed E-state index contributed by atoms with van der Waals surface area (Å²) < 4.78 is 24.3. The minimum atomic E-state index is -0.519. The largest absolute Gasteiger partial charge is 0.490 e. The molecule has 0 radical (unpaired) electrons. The minimum Gasteiger partial charge on any atom is -0.490 e.